The molecule has 0 aliphatic carbocycles. The summed E-state index contributed by atoms with van der Waals surface area (Å²) < 4.78 is 0. The van der Waals surface area contributed by atoms with E-state index in [0.29, 0.717) is 18.0 Å². The van der Waals surface area contributed by atoms with E-state index in [4.69, 9.17) is 0 Å². The Kier molecular flexibility index (Phi) is 4.94. The molecular weight excluding hydrogens is 214 g/mol. The smallest absolute Gasteiger partial charge is 0.251 e. The fourth-order valence-electron chi connectivity index (χ4n) is 1.45. The normalized spacial score (nSPS) is 10.4. The molecule has 0 saturated carbocycles. The van der Waals surface area contributed by atoms with E-state index in [-0.39, 0.29) is 5.91 Å². The molecule has 0 bridgehead atoms. The largest absolute Gasteiger partial charge is 0.373 e. The second kappa shape index (κ2) is 6.23. The molecule has 0 fully saturated rings. The minimum absolute atomic E-state index is 0.0346. The second-order valence-electron chi connectivity index (χ2n) is 4.33. The predicted molar refractivity (Wildman–Crippen MR) is 70.5 cm³/mol. The summed E-state index contributed by atoms with van der Waals surface area (Å²) in [5.41, 5.74) is 1.60. The van der Waals surface area contributed by atoms with Crippen LogP contribution in [0.5, 0.6) is 0 Å². The van der Waals surface area contributed by atoms with Crippen LogP contribution in [-0.2, 0) is 0 Å². The lowest BCUT2D eigenvalue weighted by Crippen LogP contribution is -2.24. The average Bonchev–Trinajstić information content (AvgIpc) is 2.35. The van der Waals surface area contributed by atoms with Crippen LogP contribution in [0, 0.1) is 0 Å². The van der Waals surface area contributed by atoms with Crippen LogP contribution in [0.3, 0.4) is 0 Å². The molecule has 1 rings (SSSR count). The number of nitrogens with zero attached hydrogens (tertiary/aromatic N) is 1. The predicted octanol–water partition coefficient (Wildman–Crippen LogP) is 2.39. The standard InChI is InChI=1S/C13H21N3O/c1-5-6-15-13(17)10-7-11(9(2)3)16-12(8-10)14-4/h7-9H,5-6H2,1-4H3,(H,14,16)(H,15,17). The molecule has 1 aromatic heterocycles. The van der Waals surface area contributed by atoms with Gasteiger partial charge in [-0.05, 0) is 24.5 Å². The molecule has 0 spiro atoms. The highest BCUT2D eigenvalue weighted by Crippen LogP contribution is 2.17. The number of rotatable bonds is 5. The lowest BCUT2D eigenvalue weighted by molar-refractivity contribution is 0.0953. The van der Waals surface area contributed by atoms with Gasteiger partial charge in [0.2, 0.25) is 0 Å². The van der Waals surface area contributed by atoms with E-state index in [1.165, 1.54) is 0 Å². The van der Waals surface area contributed by atoms with E-state index in [9.17, 15) is 4.79 Å². The topological polar surface area (TPSA) is 54.0 Å². The zero-order valence-corrected chi connectivity index (χ0v) is 11.0. The van der Waals surface area contributed by atoms with E-state index in [0.717, 1.165) is 17.9 Å². The summed E-state index contributed by atoms with van der Waals surface area (Å²) in [4.78, 5) is 16.3. The Hall–Kier alpha value is -1.58. The van der Waals surface area contributed by atoms with Gasteiger partial charge in [-0.1, -0.05) is 20.8 Å². The first-order chi connectivity index (χ1) is 8.08. The molecule has 2 N–H and O–H groups in total. The van der Waals surface area contributed by atoms with Crippen molar-refractivity contribution in [3.63, 3.8) is 0 Å². The van der Waals surface area contributed by atoms with E-state index >= 15 is 0 Å². The third-order valence-electron chi connectivity index (χ3n) is 2.49. The van der Waals surface area contributed by atoms with Gasteiger partial charge < -0.3 is 10.6 Å². The van der Waals surface area contributed by atoms with Gasteiger partial charge in [-0.25, -0.2) is 4.98 Å². The molecule has 0 aliphatic heterocycles. The van der Waals surface area contributed by atoms with Crippen molar-refractivity contribution in [3.05, 3.63) is 23.4 Å². The maximum Gasteiger partial charge on any atom is 0.251 e. The zero-order valence-electron chi connectivity index (χ0n) is 11.0. The van der Waals surface area contributed by atoms with Crippen LogP contribution in [0.15, 0.2) is 12.1 Å². The number of carbonyl (C=O) groups excluding carboxylic acids is 1. The summed E-state index contributed by atoms with van der Waals surface area (Å²) in [5.74, 6) is 1.01. The first kappa shape index (κ1) is 13.5. The number of pyridine rings is 1. The maximum atomic E-state index is 11.9. The Morgan fingerprint density at radius 1 is 1.41 bits per heavy atom. The fraction of sp³-hybridized carbons (Fsp3) is 0.538. The monoisotopic (exact) mass is 235 g/mol. The third kappa shape index (κ3) is 3.73. The van der Waals surface area contributed by atoms with Crippen molar-refractivity contribution in [1.29, 1.82) is 0 Å². The molecule has 4 heteroatoms. The molecule has 0 atom stereocenters. The molecule has 0 aliphatic rings. The lowest BCUT2D eigenvalue weighted by Gasteiger charge is -2.11. The van der Waals surface area contributed by atoms with Crippen molar-refractivity contribution in [2.45, 2.75) is 33.1 Å². The average molecular weight is 235 g/mol. The van der Waals surface area contributed by atoms with Crippen LogP contribution in [0.25, 0.3) is 0 Å². The highest BCUT2D eigenvalue weighted by Gasteiger charge is 2.10. The van der Waals surface area contributed by atoms with Crippen molar-refractivity contribution < 1.29 is 4.79 Å². The van der Waals surface area contributed by atoms with Crippen molar-refractivity contribution >= 4 is 11.7 Å². The Labute approximate surface area is 103 Å². The fourth-order valence-corrected chi connectivity index (χ4v) is 1.45. The van der Waals surface area contributed by atoms with Gasteiger partial charge in [0, 0.05) is 24.8 Å². The maximum absolute atomic E-state index is 11.9. The lowest BCUT2D eigenvalue weighted by atomic mass is 10.1. The highest BCUT2D eigenvalue weighted by molar-refractivity contribution is 5.95. The Bertz CT molecular complexity index is 388. The van der Waals surface area contributed by atoms with Gasteiger partial charge in [0.05, 0.1) is 0 Å². The molecule has 1 aromatic rings. The molecular formula is C13H21N3O. The minimum Gasteiger partial charge on any atom is -0.373 e. The zero-order chi connectivity index (χ0) is 12.8. The SMILES string of the molecule is CCCNC(=O)c1cc(NC)nc(C(C)C)c1. The molecule has 17 heavy (non-hydrogen) atoms. The van der Waals surface area contributed by atoms with Gasteiger partial charge in [-0.2, -0.15) is 0 Å². The van der Waals surface area contributed by atoms with E-state index in [1.807, 2.05) is 13.0 Å². The van der Waals surface area contributed by atoms with E-state index in [2.05, 4.69) is 29.5 Å². The van der Waals surface area contributed by atoms with Crippen LogP contribution in [0.1, 0.15) is 49.2 Å². The summed E-state index contributed by atoms with van der Waals surface area (Å²) in [5, 5.41) is 5.85. The number of hydrogen-bond donors (Lipinski definition) is 2. The van der Waals surface area contributed by atoms with E-state index in [1.54, 1.807) is 13.1 Å². The Morgan fingerprint density at radius 2 is 2.12 bits per heavy atom. The first-order valence-corrected chi connectivity index (χ1v) is 6.06. The van der Waals surface area contributed by atoms with Crippen molar-refractivity contribution in [2.24, 2.45) is 0 Å². The summed E-state index contributed by atoms with van der Waals surface area (Å²) in [7, 11) is 1.81. The van der Waals surface area contributed by atoms with Crippen LogP contribution in [0.4, 0.5) is 5.82 Å². The van der Waals surface area contributed by atoms with Crippen molar-refractivity contribution in [1.82, 2.24) is 10.3 Å². The molecule has 1 amide bonds. The molecule has 0 radical (unpaired) electrons. The van der Waals surface area contributed by atoms with Gasteiger partial charge in [0.15, 0.2) is 0 Å². The van der Waals surface area contributed by atoms with Crippen LogP contribution < -0.4 is 10.6 Å². The summed E-state index contributed by atoms with van der Waals surface area (Å²) in [6, 6.07) is 3.63. The first-order valence-electron chi connectivity index (χ1n) is 6.06. The number of anilines is 1. The molecule has 1 heterocycles. The number of amides is 1. The van der Waals surface area contributed by atoms with Crippen LogP contribution in [-0.4, -0.2) is 24.5 Å². The van der Waals surface area contributed by atoms with Gasteiger partial charge >= 0.3 is 0 Å². The third-order valence-corrected chi connectivity index (χ3v) is 2.49. The van der Waals surface area contributed by atoms with Crippen LogP contribution in [0.2, 0.25) is 0 Å². The molecule has 0 aromatic carbocycles. The summed E-state index contributed by atoms with van der Waals surface area (Å²) in [6.07, 6.45) is 0.937. The Balaban J connectivity index is 2.98. The summed E-state index contributed by atoms with van der Waals surface area (Å²) in [6.45, 7) is 6.86. The number of aromatic nitrogens is 1. The van der Waals surface area contributed by atoms with Gasteiger partial charge in [0.25, 0.3) is 5.91 Å². The van der Waals surface area contributed by atoms with Gasteiger partial charge in [0.1, 0.15) is 5.82 Å². The number of hydrogen-bond acceptors (Lipinski definition) is 3. The van der Waals surface area contributed by atoms with Gasteiger partial charge in [-0.15, -0.1) is 0 Å². The second-order valence-corrected chi connectivity index (χ2v) is 4.33. The molecule has 4 nitrogen and oxygen atoms in total. The Morgan fingerprint density at radius 3 is 2.65 bits per heavy atom. The molecule has 0 saturated heterocycles. The number of nitrogens with one attached hydrogen (secondary N) is 2. The quantitative estimate of drug-likeness (QED) is 0.824. The van der Waals surface area contributed by atoms with Crippen molar-refractivity contribution in [2.75, 3.05) is 18.9 Å². The summed E-state index contributed by atoms with van der Waals surface area (Å²) >= 11 is 0. The number of carbonyl (C=O) groups is 1. The minimum atomic E-state index is -0.0346. The van der Waals surface area contributed by atoms with Crippen molar-refractivity contribution in [3.8, 4) is 0 Å². The van der Waals surface area contributed by atoms with Crippen LogP contribution >= 0.6 is 0 Å². The highest BCUT2D eigenvalue weighted by atomic mass is 16.1. The van der Waals surface area contributed by atoms with Gasteiger partial charge in [-0.3, -0.25) is 4.79 Å². The molecule has 94 valence electrons. The van der Waals surface area contributed by atoms with E-state index < -0.39 is 0 Å². The molecule has 0 unspecified atom stereocenters.